The molecule has 3 heterocycles. The summed E-state index contributed by atoms with van der Waals surface area (Å²) >= 11 is 0. The number of carbonyl (C=O) groups excluding carboxylic acids is 2. The zero-order chi connectivity index (χ0) is 26.4. The maximum atomic E-state index is 13.3. The first-order valence-electron chi connectivity index (χ1n) is 11.5. The summed E-state index contributed by atoms with van der Waals surface area (Å²) in [6.45, 7) is 0. The van der Waals surface area contributed by atoms with E-state index in [9.17, 15) is 24.3 Å². The Morgan fingerprint density at radius 3 is 2.50 bits per heavy atom. The number of allylic oxidation sites excluding steroid dienone is 4. The second-order valence-electron chi connectivity index (χ2n) is 8.55. The zero-order valence-electron chi connectivity index (χ0n) is 19.5. The lowest BCUT2D eigenvalue weighted by molar-refractivity contribution is -0.109. The Balaban J connectivity index is 1.65. The van der Waals surface area contributed by atoms with Crippen LogP contribution in [0.4, 0.5) is 5.88 Å². The van der Waals surface area contributed by atoms with Crippen LogP contribution in [0.3, 0.4) is 0 Å². The first-order chi connectivity index (χ1) is 18.4. The number of H-pyrrole nitrogens is 1. The number of rotatable bonds is 2. The number of hydrogen-bond donors (Lipinski definition) is 3. The maximum absolute atomic E-state index is 13.3. The van der Waals surface area contributed by atoms with Crippen molar-refractivity contribution in [3.8, 4) is 5.75 Å². The van der Waals surface area contributed by atoms with E-state index in [0.29, 0.717) is 11.0 Å². The number of nitrogens with zero attached hydrogens (tertiary/aromatic N) is 1. The molecule has 0 fully saturated rings. The molecule has 0 atom stereocenters. The van der Waals surface area contributed by atoms with Crippen molar-refractivity contribution in [3.05, 3.63) is 127 Å². The van der Waals surface area contributed by atoms with Crippen molar-refractivity contribution in [2.24, 2.45) is 4.99 Å². The first kappa shape index (κ1) is 22.9. The van der Waals surface area contributed by atoms with Gasteiger partial charge in [0.1, 0.15) is 22.7 Å². The third-order valence-corrected chi connectivity index (χ3v) is 6.23. The van der Waals surface area contributed by atoms with E-state index < -0.39 is 11.3 Å². The van der Waals surface area contributed by atoms with E-state index >= 15 is 0 Å². The predicted octanol–water partition coefficient (Wildman–Crippen LogP) is 1.87. The summed E-state index contributed by atoms with van der Waals surface area (Å²) < 4.78 is 5.92. The van der Waals surface area contributed by atoms with Crippen molar-refractivity contribution in [1.82, 2.24) is 4.98 Å². The van der Waals surface area contributed by atoms with Crippen LogP contribution in [0, 0.1) is 0 Å². The Morgan fingerprint density at radius 2 is 1.68 bits per heavy atom. The van der Waals surface area contributed by atoms with E-state index in [1.54, 1.807) is 48.6 Å². The summed E-state index contributed by atoms with van der Waals surface area (Å²) in [6, 6.07) is 13.9. The molecule has 1 aliphatic carbocycles. The van der Waals surface area contributed by atoms with Crippen molar-refractivity contribution in [1.29, 1.82) is 0 Å². The minimum absolute atomic E-state index is 0.0613. The average molecular weight is 503 g/mol. The Bertz CT molecular complexity index is 2040. The second kappa shape index (κ2) is 8.82. The van der Waals surface area contributed by atoms with Gasteiger partial charge in [0.25, 0.3) is 5.56 Å². The molecule has 2 aliphatic rings. The fourth-order valence-corrected chi connectivity index (χ4v) is 4.35. The van der Waals surface area contributed by atoms with Crippen LogP contribution in [0.15, 0.2) is 97.9 Å². The third kappa shape index (κ3) is 3.70. The van der Waals surface area contributed by atoms with Crippen LogP contribution in [-0.2, 0) is 4.79 Å². The molecule has 184 valence electrons. The molecule has 2 aromatic carbocycles. The number of aliphatic imine (C=N–C) groups is 1. The van der Waals surface area contributed by atoms with Gasteiger partial charge in [0.05, 0.1) is 21.9 Å². The molecule has 0 saturated heterocycles. The molecule has 4 aromatic rings. The van der Waals surface area contributed by atoms with E-state index in [1.165, 1.54) is 36.6 Å². The number of phenols is 1. The number of para-hydroxylation sites is 2. The van der Waals surface area contributed by atoms with E-state index in [0.717, 1.165) is 0 Å². The number of benzene rings is 2. The SMILES string of the molecule is O=C1C=CC=CC1=c1[nH]c(=O)c(C(=O)c2ccccc2O)cc1=C1N=Cc2c(oc3ccccc3c2=O)N1. The highest BCUT2D eigenvalue weighted by Crippen LogP contribution is 2.23. The fraction of sp³-hybridized carbons (Fsp3) is 0. The van der Waals surface area contributed by atoms with Crippen molar-refractivity contribution < 1.29 is 19.1 Å². The number of anilines is 1. The van der Waals surface area contributed by atoms with Crippen LogP contribution in [0.5, 0.6) is 5.75 Å². The molecule has 9 heteroatoms. The van der Waals surface area contributed by atoms with E-state index in [2.05, 4.69) is 15.3 Å². The molecule has 0 amide bonds. The van der Waals surface area contributed by atoms with Gasteiger partial charge in [0.2, 0.25) is 17.1 Å². The topological polar surface area (TPSA) is 142 Å². The molecule has 2 aromatic heterocycles. The molecule has 0 radical (unpaired) electrons. The van der Waals surface area contributed by atoms with Gasteiger partial charge in [-0.1, -0.05) is 36.4 Å². The highest BCUT2D eigenvalue weighted by molar-refractivity contribution is 6.25. The van der Waals surface area contributed by atoms with Crippen LogP contribution in [0.1, 0.15) is 21.5 Å². The van der Waals surface area contributed by atoms with Crippen molar-refractivity contribution in [2.75, 3.05) is 5.32 Å². The largest absolute Gasteiger partial charge is 0.507 e. The number of pyridine rings is 1. The molecule has 0 spiro atoms. The number of aromatic hydroxyl groups is 1. The van der Waals surface area contributed by atoms with Crippen LogP contribution < -0.4 is 26.9 Å². The summed E-state index contributed by atoms with van der Waals surface area (Å²) in [4.78, 5) is 59.0. The number of carbonyl (C=O) groups is 2. The fourth-order valence-electron chi connectivity index (χ4n) is 4.35. The lowest BCUT2D eigenvalue weighted by Gasteiger charge is -2.15. The Labute approximate surface area is 213 Å². The molecule has 9 nitrogen and oxygen atoms in total. The summed E-state index contributed by atoms with van der Waals surface area (Å²) in [7, 11) is 0. The van der Waals surface area contributed by atoms with Gasteiger partial charge in [-0.25, -0.2) is 4.99 Å². The van der Waals surface area contributed by atoms with Crippen molar-refractivity contribution in [3.63, 3.8) is 0 Å². The van der Waals surface area contributed by atoms with Crippen LogP contribution in [0.25, 0.3) is 22.4 Å². The summed E-state index contributed by atoms with van der Waals surface area (Å²) in [5, 5.41) is 13.9. The second-order valence-corrected chi connectivity index (χ2v) is 8.55. The Kier molecular flexibility index (Phi) is 5.31. The van der Waals surface area contributed by atoms with Gasteiger partial charge in [-0.2, -0.15) is 0 Å². The van der Waals surface area contributed by atoms with E-state index in [1.807, 2.05) is 0 Å². The van der Waals surface area contributed by atoms with Gasteiger partial charge in [-0.3, -0.25) is 19.2 Å². The summed E-state index contributed by atoms with van der Waals surface area (Å²) in [6.07, 6.45) is 7.43. The summed E-state index contributed by atoms with van der Waals surface area (Å²) in [5.74, 6) is -1.10. The maximum Gasteiger partial charge on any atom is 0.259 e. The Morgan fingerprint density at radius 1 is 0.921 bits per heavy atom. The zero-order valence-corrected chi connectivity index (χ0v) is 19.5. The summed E-state index contributed by atoms with van der Waals surface area (Å²) in [5.41, 5.74) is -0.625. The number of hydrogen-bond acceptors (Lipinski definition) is 8. The first-order valence-corrected chi connectivity index (χ1v) is 11.5. The van der Waals surface area contributed by atoms with E-state index in [4.69, 9.17) is 4.42 Å². The molecule has 38 heavy (non-hydrogen) atoms. The third-order valence-electron chi connectivity index (χ3n) is 6.23. The molecular weight excluding hydrogens is 486 g/mol. The molecule has 0 unspecified atom stereocenters. The number of aromatic nitrogens is 1. The highest BCUT2D eigenvalue weighted by atomic mass is 16.3. The van der Waals surface area contributed by atoms with Gasteiger partial charge in [-0.15, -0.1) is 0 Å². The predicted molar refractivity (Wildman–Crippen MR) is 142 cm³/mol. The number of aromatic amines is 1. The van der Waals surface area contributed by atoms with Gasteiger partial charge in [0, 0.05) is 17.0 Å². The van der Waals surface area contributed by atoms with Crippen LogP contribution in [-0.4, -0.2) is 27.9 Å². The minimum Gasteiger partial charge on any atom is -0.507 e. The smallest absolute Gasteiger partial charge is 0.259 e. The number of nitrogens with one attached hydrogen (secondary N) is 2. The standard InChI is InChI=1S/C29H17N3O6/c33-21-10-4-1-7-15(21)24-18(13-19(28(37)31-24)25(35)16-8-2-5-11-22(16)34)27-30-14-20-26(36)17-9-3-6-12-23(17)38-29(20)32-27/h1-14,32,34H,(H,31,37). The normalized spacial score (nSPS) is 16.9. The minimum atomic E-state index is -0.751. The molecule has 3 N–H and O–H groups in total. The van der Waals surface area contributed by atoms with E-state index in [-0.39, 0.29) is 61.5 Å². The molecule has 1 aliphatic heterocycles. The molecule has 0 bridgehead atoms. The van der Waals surface area contributed by atoms with Crippen molar-refractivity contribution in [2.45, 2.75) is 0 Å². The van der Waals surface area contributed by atoms with Gasteiger partial charge < -0.3 is 19.8 Å². The number of phenolic OH excluding ortho intramolecular Hbond substituents is 1. The quantitative estimate of drug-likeness (QED) is 0.355. The monoisotopic (exact) mass is 503 g/mol. The lowest BCUT2D eigenvalue weighted by Crippen LogP contribution is -2.42. The van der Waals surface area contributed by atoms with Gasteiger partial charge in [0.15, 0.2) is 5.78 Å². The van der Waals surface area contributed by atoms with Gasteiger partial charge >= 0.3 is 0 Å². The Hall–Kier alpha value is -5.57. The molecule has 6 rings (SSSR count). The van der Waals surface area contributed by atoms with Crippen molar-refractivity contribution >= 4 is 46.0 Å². The molecule has 0 saturated carbocycles. The lowest BCUT2D eigenvalue weighted by atomic mass is 10.0. The van der Waals surface area contributed by atoms with Gasteiger partial charge in [-0.05, 0) is 42.5 Å². The molecular formula is C29H17N3O6. The number of fused-ring (bicyclic) bond motifs is 2. The highest BCUT2D eigenvalue weighted by Gasteiger charge is 2.22. The van der Waals surface area contributed by atoms with Crippen LogP contribution >= 0.6 is 0 Å². The number of ketones is 2. The average Bonchev–Trinajstić information content (AvgIpc) is 2.93. The van der Waals surface area contributed by atoms with Crippen LogP contribution in [0.2, 0.25) is 0 Å².